The van der Waals surface area contributed by atoms with Crippen LogP contribution in [-0.2, 0) is 6.54 Å². The van der Waals surface area contributed by atoms with Gasteiger partial charge < -0.3 is 9.88 Å². The van der Waals surface area contributed by atoms with Gasteiger partial charge in [0.15, 0.2) is 0 Å². The van der Waals surface area contributed by atoms with Gasteiger partial charge >= 0.3 is 5.69 Å². The molecule has 5 rings (SSSR count). The minimum Gasteiger partial charge on any atom is -0.306 e. The number of H-pyrrole nitrogens is 1. The Balaban J connectivity index is 1.16. The second-order valence-corrected chi connectivity index (χ2v) is 10.6. The highest BCUT2D eigenvalue weighted by Crippen LogP contribution is 2.30. The first-order valence-electron chi connectivity index (χ1n) is 11.3. The highest BCUT2D eigenvalue weighted by atomic mass is 32.2. The van der Waals surface area contributed by atoms with Crippen molar-refractivity contribution in [2.75, 3.05) is 32.4 Å². The summed E-state index contributed by atoms with van der Waals surface area (Å²) in [5.74, 6) is 0. The van der Waals surface area contributed by atoms with Crippen LogP contribution in [0.1, 0.15) is 42.2 Å². The molecule has 8 heteroatoms. The fraction of sp³-hybridized carbons (Fsp3) is 0.565. The molecular formula is C23H31N5OS2. The number of aryl methyl sites for hydroxylation is 1. The van der Waals surface area contributed by atoms with Gasteiger partial charge in [0.2, 0.25) is 0 Å². The maximum absolute atomic E-state index is 12.5. The van der Waals surface area contributed by atoms with E-state index in [0.717, 1.165) is 56.6 Å². The fourth-order valence-electron chi connectivity index (χ4n) is 5.32. The van der Waals surface area contributed by atoms with Crippen molar-refractivity contribution in [3.05, 3.63) is 45.2 Å². The van der Waals surface area contributed by atoms with Crippen molar-refractivity contribution in [3.8, 4) is 0 Å². The number of rotatable bonds is 5. The predicted molar refractivity (Wildman–Crippen MR) is 129 cm³/mol. The summed E-state index contributed by atoms with van der Waals surface area (Å²) >= 11 is 3.40. The highest BCUT2D eigenvalue weighted by Gasteiger charge is 2.30. The number of aromatic nitrogens is 3. The summed E-state index contributed by atoms with van der Waals surface area (Å²) in [7, 11) is 0. The van der Waals surface area contributed by atoms with Crippen LogP contribution in [0.4, 0.5) is 0 Å². The van der Waals surface area contributed by atoms with Crippen LogP contribution >= 0.6 is 23.3 Å². The number of aromatic amines is 1. The smallest absolute Gasteiger partial charge is 0.306 e. The van der Waals surface area contributed by atoms with Crippen molar-refractivity contribution in [1.29, 1.82) is 0 Å². The van der Waals surface area contributed by atoms with Crippen LogP contribution in [0.25, 0.3) is 11.0 Å². The molecule has 0 saturated carbocycles. The van der Waals surface area contributed by atoms with E-state index in [-0.39, 0.29) is 5.69 Å². The lowest BCUT2D eigenvalue weighted by atomic mass is 9.97. The molecule has 3 aromatic rings. The van der Waals surface area contributed by atoms with E-state index in [1.54, 1.807) is 23.3 Å². The summed E-state index contributed by atoms with van der Waals surface area (Å²) in [5, 5.41) is 1.21. The molecule has 0 unspecified atom stereocenters. The Morgan fingerprint density at radius 1 is 1.10 bits per heavy atom. The molecule has 4 heterocycles. The van der Waals surface area contributed by atoms with E-state index >= 15 is 0 Å². The molecule has 31 heavy (non-hydrogen) atoms. The van der Waals surface area contributed by atoms with Crippen LogP contribution in [0, 0.1) is 6.92 Å². The van der Waals surface area contributed by atoms with Gasteiger partial charge in [0.05, 0.1) is 11.0 Å². The number of likely N-dealkylation sites (tertiary alicyclic amines) is 2. The summed E-state index contributed by atoms with van der Waals surface area (Å²) in [6.45, 7) is 7.74. The molecule has 2 aliphatic rings. The Labute approximate surface area is 191 Å². The second kappa shape index (κ2) is 9.10. The second-order valence-electron chi connectivity index (χ2n) is 8.82. The first kappa shape index (κ1) is 21.2. The number of hydrogen-bond acceptors (Lipinski definition) is 6. The highest BCUT2D eigenvalue weighted by molar-refractivity contribution is 7.98. The van der Waals surface area contributed by atoms with Gasteiger partial charge in [0.1, 0.15) is 5.03 Å². The van der Waals surface area contributed by atoms with Crippen molar-refractivity contribution >= 4 is 34.3 Å². The SMILES string of the molecule is CSc1nsc(C)c1CN1CCC(N2CCC(n3c(=O)[nH]c4ccccc43)CC2)CC1. The monoisotopic (exact) mass is 457 g/mol. The van der Waals surface area contributed by atoms with Gasteiger partial charge in [-0.3, -0.25) is 9.47 Å². The molecule has 0 bridgehead atoms. The number of nitrogens with zero attached hydrogens (tertiary/aromatic N) is 4. The van der Waals surface area contributed by atoms with Crippen LogP contribution in [0.5, 0.6) is 0 Å². The maximum atomic E-state index is 12.5. The lowest BCUT2D eigenvalue weighted by molar-refractivity contribution is 0.0766. The minimum atomic E-state index is 0.0378. The number of imidazole rings is 1. The fourth-order valence-corrected chi connectivity index (χ4v) is 6.86. The third-order valence-corrected chi connectivity index (χ3v) is 8.72. The molecule has 2 saturated heterocycles. The Hall–Kier alpha value is -1.61. The van der Waals surface area contributed by atoms with Gasteiger partial charge in [-0.05, 0) is 75.6 Å². The summed E-state index contributed by atoms with van der Waals surface area (Å²) in [6.07, 6.45) is 6.71. The third-order valence-electron chi connectivity index (χ3n) is 7.09. The zero-order chi connectivity index (χ0) is 21.4. The first-order valence-corrected chi connectivity index (χ1v) is 13.3. The number of piperidine rings is 2. The molecule has 0 spiro atoms. The van der Waals surface area contributed by atoms with E-state index < -0.39 is 0 Å². The van der Waals surface area contributed by atoms with Crippen LogP contribution in [0.15, 0.2) is 34.1 Å². The normalized spacial score (nSPS) is 20.1. The van der Waals surface area contributed by atoms with E-state index in [9.17, 15) is 4.79 Å². The number of benzene rings is 1. The van der Waals surface area contributed by atoms with Crippen molar-refractivity contribution in [2.24, 2.45) is 0 Å². The lowest BCUT2D eigenvalue weighted by Gasteiger charge is -2.42. The van der Waals surface area contributed by atoms with Crippen molar-refractivity contribution < 1.29 is 0 Å². The lowest BCUT2D eigenvalue weighted by Crippen LogP contribution is -2.48. The van der Waals surface area contributed by atoms with E-state index in [1.165, 1.54) is 28.3 Å². The Kier molecular flexibility index (Phi) is 6.23. The quantitative estimate of drug-likeness (QED) is 0.584. The van der Waals surface area contributed by atoms with Crippen molar-refractivity contribution in [1.82, 2.24) is 23.7 Å². The average molecular weight is 458 g/mol. The Morgan fingerprint density at radius 3 is 2.55 bits per heavy atom. The van der Waals surface area contributed by atoms with Gasteiger partial charge in [-0.1, -0.05) is 12.1 Å². The van der Waals surface area contributed by atoms with Gasteiger partial charge in [0, 0.05) is 42.2 Å². The number of nitrogens with one attached hydrogen (secondary N) is 1. The van der Waals surface area contributed by atoms with E-state index in [0.29, 0.717) is 12.1 Å². The maximum Gasteiger partial charge on any atom is 0.326 e. The van der Waals surface area contributed by atoms with Crippen LogP contribution in [0.3, 0.4) is 0 Å². The first-order chi connectivity index (χ1) is 15.1. The molecule has 0 atom stereocenters. The third kappa shape index (κ3) is 4.23. The summed E-state index contributed by atoms with van der Waals surface area (Å²) in [5.41, 5.74) is 3.46. The predicted octanol–water partition coefficient (Wildman–Crippen LogP) is 4.12. The van der Waals surface area contributed by atoms with E-state index in [4.69, 9.17) is 0 Å². The van der Waals surface area contributed by atoms with Gasteiger partial charge in [-0.15, -0.1) is 11.8 Å². The molecule has 1 N–H and O–H groups in total. The van der Waals surface area contributed by atoms with Crippen LogP contribution in [-0.4, -0.2) is 62.2 Å². The molecule has 0 aliphatic carbocycles. The average Bonchev–Trinajstić information content (AvgIpc) is 3.33. The van der Waals surface area contributed by atoms with Crippen LogP contribution in [0.2, 0.25) is 0 Å². The van der Waals surface area contributed by atoms with Crippen molar-refractivity contribution in [2.45, 2.75) is 56.3 Å². The summed E-state index contributed by atoms with van der Waals surface area (Å²) in [4.78, 5) is 22.2. The summed E-state index contributed by atoms with van der Waals surface area (Å²) in [6, 6.07) is 9.03. The van der Waals surface area contributed by atoms with Crippen LogP contribution < -0.4 is 5.69 Å². The van der Waals surface area contributed by atoms with Gasteiger partial charge in [0.25, 0.3) is 0 Å². The molecule has 1 aromatic carbocycles. The Morgan fingerprint density at radius 2 is 1.81 bits per heavy atom. The Bertz CT molecular complexity index is 1090. The van der Waals surface area contributed by atoms with E-state index in [2.05, 4.69) is 38.4 Å². The standard InChI is InChI=1S/C23H31N5OS2/c1-16-19(22(30-2)25-31-16)15-26-11-7-17(8-12-26)27-13-9-18(10-14-27)28-21-6-4-3-5-20(21)24-23(28)29/h3-6,17-18H,7-15H2,1-2H3,(H,24,29). The number of fused-ring (bicyclic) bond motifs is 1. The van der Waals surface area contributed by atoms with Crippen molar-refractivity contribution in [3.63, 3.8) is 0 Å². The van der Waals surface area contributed by atoms with E-state index in [1.807, 2.05) is 22.8 Å². The minimum absolute atomic E-state index is 0.0378. The molecule has 2 aromatic heterocycles. The largest absolute Gasteiger partial charge is 0.326 e. The van der Waals surface area contributed by atoms with Gasteiger partial charge in [-0.2, -0.15) is 4.37 Å². The number of para-hydroxylation sites is 2. The molecule has 0 radical (unpaired) electrons. The topological polar surface area (TPSA) is 57.2 Å². The number of thioether (sulfide) groups is 1. The molecule has 166 valence electrons. The molecule has 6 nitrogen and oxygen atoms in total. The zero-order valence-electron chi connectivity index (χ0n) is 18.3. The number of hydrogen-bond donors (Lipinski definition) is 1. The molecule has 2 aliphatic heterocycles. The molecular weight excluding hydrogens is 426 g/mol. The van der Waals surface area contributed by atoms with Gasteiger partial charge in [-0.25, -0.2) is 4.79 Å². The summed E-state index contributed by atoms with van der Waals surface area (Å²) < 4.78 is 6.58. The zero-order valence-corrected chi connectivity index (χ0v) is 20.0. The molecule has 0 amide bonds. The molecule has 2 fully saturated rings.